The van der Waals surface area contributed by atoms with Crippen LogP contribution in [0, 0.1) is 0 Å². The number of benzene rings is 1. The SMILES string of the molecule is C=CC(=O)N1c2ccccc2Sc2ccsc21. The average molecular weight is 259 g/mol. The number of amides is 1. The molecule has 0 unspecified atom stereocenters. The van der Waals surface area contributed by atoms with Gasteiger partial charge in [0.2, 0.25) is 0 Å². The van der Waals surface area contributed by atoms with Crippen LogP contribution in [0.5, 0.6) is 0 Å². The Hall–Kier alpha value is -1.52. The maximum absolute atomic E-state index is 12.0. The summed E-state index contributed by atoms with van der Waals surface area (Å²) in [6.07, 6.45) is 1.36. The lowest BCUT2D eigenvalue weighted by Crippen LogP contribution is -2.25. The molecular weight excluding hydrogens is 250 g/mol. The van der Waals surface area contributed by atoms with Gasteiger partial charge in [-0.2, -0.15) is 0 Å². The minimum atomic E-state index is -0.0820. The minimum absolute atomic E-state index is 0.0820. The van der Waals surface area contributed by atoms with Crippen molar-refractivity contribution in [2.24, 2.45) is 0 Å². The van der Waals surface area contributed by atoms with Crippen LogP contribution in [0.2, 0.25) is 0 Å². The van der Waals surface area contributed by atoms with Crippen molar-refractivity contribution in [3.63, 3.8) is 0 Å². The van der Waals surface area contributed by atoms with Gasteiger partial charge in [0.05, 0.1) is 5.69 Å². The fourth-order valence-electron chi connectivity index (χ4n) is 1.80. The molecule has 1 aromatic carbocycles. The Morgan fingerprint density at radius 1 is 1.24 bits per heavy atom. The number of nitrogens with zero attached hydrogens (tertiary/aromatic N) is 1. The fraction of sp³-hybridized carbons (Fsp3) is 0. The smallest absolute Gasteiger partial charge is 0.255 e. The number of fused-ring (bicyclic) bond motifs is 2. The van der Waals surface area contributed by atoms with E-state index in [4.69, 9.17) is 0 Å². The second kappa shape index (κ2) is 4.05. The van der Waals surface area contributed by atoms with Crippen LogP contribution in [0.25, 0.3) is 0 Å². The van der Waals surface area contributed by atoms with Crippen LogP contribution < -0.4 is 4.90 Å². The maximum atomic E-state index is 12.0. The van der Waals surface area contributed by atoms with Gasteiger partial charge >= 0.3 is 0 Å². The van der Waals surface area contributed by atoms with Crippen molar-refractivity contribution in [3.05, 3.63) is 48.4 Å². The number of carbonyl (C=O) groups is 1. The van der Waals surface area contributed by atoms with E-state index in [9.17, 15) is 4.79 Å². The van der Waals surface area contributed by atoms with Crippen LogP contribution in [0.4, 0.5) is 10.7 Å². The molecule has 17 heavy (non-hydrogen) atoms. The van der Waals surface area contributed by atoms with E-state index in [2.05, 4.69) is 6.58 Å². The summed E-state index contributed by atoms with van der Waals surface area (Å²) in [6, 6.07) is 9.97. The first-order valence-electron chi connectivity index (χ1n) is 5.12. The van der Waals surface area contributed by atoms with Crippen LogP contribution >= 0.6 is 23.1 Å². The average Bonchev–Trinajstić information content (AvgIpc) is 2.82. The summed E-state index contributed by atoms with van der Waals surface area (Å²) in [6.45, 7) is 3.57. The van der Waals surface area contributed by atoms with Gasteiger partial charge in [-0.1, -0.05) is 30.5 Å². The molecule has 2 aromatic rings. The number of anilines is 2. The van der Waals surface area contributed by atoms with E-state index in [1.54, 1.807) is 28.0 Å². The predicted molar refractivity (Wildman–Crippen MR) is 72.2 cm³/mol. The molecule has 84 valence electrons. The maximum Gasteiger partial charge on any atom is 0.255 e. The summed E-state index contributed by atoms with van der Waals surface area (Å²) in [5.74, 6) is -0.0820. The Morgan fingerprint density at radius 2 is 2.06 bits per heavy atom. The zero-order valence-electron chi connectivity index (χ0n) is 8.92. The molecule has 1 aliphatic heterocycles. The Balaban J connectivity index is 2.22. The lowest BCUT2D eigenvalue weighted by Gasteiger charge is -2.27. The van der Waals surface area contributed by atoms with Crippen LogP contribution in [-0.2, 0) is 4.79 Å². The highest BCUT2D eigenvalue weighted by Crippen LogP contribution is 2.50. The number of carbonyl (C=O) groups excluding carboxylic acids is 1. The number of para-hydroxylation sites is 1. The van der Waals surface area contributed by atoms with Crippen LogP contribution in [0.1, 0.15) is 0 Å². The number of rotatable bonds is 1. The lowest BCUT2D eigenvalue weighted by atomic mass is 10.2. The molecule has 0 saturated heterocycles. The van der Waals surface area contributed by atoms with E-state index in [-0.39, 0.29) is 5.91 Å². The third-order valence-corrected chi connectivity index (χ3v) is 4.68. The molecule has 0 fully saturated rings. The van der Waals surface area contributed by atoms with Crippen molar-refractivity contribution in [2.45, 2.75) is 9.79 Å². The van der Waals surface area contributed by atoms with Gasteiger partial charge in [-0.3, -0.25) is 9.69 Å². The van der Waals surface area contributed by atoms with E-state index < -0.39 is 0 Å². The predicted octanol–water partition coefficient (Wildman–Crippen LogP) is 4.06. The summed E-state index contributed by atoms with van der Waals surface area (Å²) >= 11 is 3.28. The summed E-state index contributed by atoms with van der Waals surface area (Å²) in [4.78, 5) is 16.0. The highest BCUT2D eigenvalue weighted by Gasteiger charge is 2.27. The molecule has 0 spiro atoms. The second-order valence-corrected chi connectivity index (χ2v) is 5.52. The normalized spacial score (nSPS) is 12.8. The molecule has 0 N–H and O–H groups in total. The Labute approximate surface area is 108 Å². The molecule has 1 aliphatic rings. The van der Waals surface area contributed by atoms with Crippen molar-refractivity contribution in [2.75, 3.05) is 4.90 Å². The molecule has 0 bridgehead atoms. The van der Waals surface area contributed by atoms with Gasteiger partial charge in [-0.25, -0.2) is 0 Å². The molecule has 0 atom stereocenters. The molecule has 1 aromatic heterocycles. The van der Waals surface area contributed by atoms with Gasteiger partial charge in [-0.05, 0) is 29.7 Å². The van der Waals surface area contributed by atoms with Gasteiger partial charge in [0, 0.05) is 9.79 Å². The molecular formula is C13H9NOS2. The number of hydrogen-bond donors (Lipinski definition) is 0. The van der Waals surface area contributed by atoms with E-state index in [1.807, 2.05) is 35.7 Å². The van der Waals surface area contributed by atoms with Gasteiger partial charge < -0.3 is 0 Å². The van der Waals surface area contributed by atoms with Crippen molar-refractivity contribution in [1.82, 2.24) is 0 Å². The monoisotopic (exact) mass is 259 g/mol. The van der Waals surface area contributed by atoms with Gasteiger partial charge in [0.15, 0.2) is 0 Å². The summed E-state index contributed by atoms with van der Waals surface area (Å²) < 4.78 is 0. The largest absolute Gasteiger partial charge is 0.269 e. The van der Waals surface area contributed by atoms with E-state index >= 15 is 0 Å². The standard InChI is InChI=1S/C13H9NOS2/c1-2-12(15)14-9-5-3-4-6-10(9)17-11-7-8-16-13(11)14/h2-8H,1H2. The molecule has 0 radical (unpaired) electrons. The van der Waals surface area contributed by atoms with E-state index in [0.29, 0.717) is 0 Å². The van der Waals surface area contributed by atoms with Crippen molar-refractivity contribution in [1.29, 1.82) is 0 Å². The Bertz CT molecular complexity index is 603. The Kier molecular flexibility index (Phi) is 2.53. The fourth-order valence-corrected chi connectivity index (χ4v) is 3.92. The third-order valence-electron chi connectivity index (χ3n) is 2.53. The zero-order chi connectivity index (χ0) is 11.8. The highest BCUT2D eigenvalue weighted by atomic mass is 32.2. The summed E-state index contributed by atoms with van der Waals surface area (Å²) in [5.41, 5.74) is 0.942. The summed E-state index contributed by atoms with van der Waals surface area (Å²) in [5, 5.41) is 2.99. The van der Waals surface area contributed by atoms with Crippen LogP contribution in [-0.4, -0.2) is 5.91 Å². The van der Waals surface area contributed by atoms with Gasteiger partial charge in [0.25, 0.3) is 5.91 Å². The highest BCUT2D eigenvalue weighted by molar-refractivity contribution is 8.00. The molecule has 0 aliphatic carbocycles. The molecule has 1 amide bonds. The van der Waals surface area contributed by atoms with Crippen LogP contribution in [0.15, 0.2) is 58.2 Å². The number of thiophene rings is 1. The Morgan fingerprint density at radius 3 is 2.88 bits per heavy atom. The van der Waals surface area contributed by atoms with Crippen molar-refractivity contribution < 1.29 is 4.79 Å². The molecule has 0 saturated carbocycles. The van der Waals surface area contributed by atoms with Crippen molar-refractivity contribution >= 4 is 39.7 Å². The molecule has 2 nitrogen and oxygen atoms in total. The van der Waals surface area contributed by atoms with Gasteiger partial charge in [-0.15, -0.1) is 11.3 Å². The number of hydrogen-bond acceptors (Lipinski definition) is 3. The minimum Gasteiger partial charge on any atom is -0.269 e. The first-order chi connectivity index (χ1) is 8.31. The zero-order valence-corrected chi connectivity index (χ0v) is 10.6. The van der Waals surface area contributed by atoms with Crippen LogP contribution in [0.3, 0.4) is 0 Å². The third kappa shape index (κ3) is 1.61. The lowest BCUT2D eigenvalue weighted by molar-refractivity contribution is -0.113. The van der Waals surface area contributed by atoms with Crippen molar-refractivity contribution in [3.8, 4) is 0 Å². The molecule has 4 heteroatoms. The first kappa shape index (κ1) is 10.6. The quantitative estimate of drug-likeness (QED) is 0.720. The molecule has 2 heterocycles. The van der Waals surface area contributed by atoms with Gasteiger partial charge in [0.1, 0.15) is 5.00 Å². The van der Waals surface area contributed by atoms with E-state index in [0.717, 1.165) is 20.5 Å². The summed E-state index contributed by atoms with van der Waals surface area (Å²) in [7, 11) is 0. The first-order valence-corrected chi connectivity index (χ1v) is 6.82. The van der Waals surface area contributed by atoms with E-state index in [1.165, 1.54) is 6.08 Å². The molecule has 3 rings (SSSR count). The second-order valence-electron chi connectivity index (χ2n) is 3.54. The topological polar surface area (TPSA) is 20.3 Å².